The van der Waals surface area contributed by atoms with Crippen molar-refractivity contribution in [1.29, 1.82) is 0 Å². The Morgan fingerprint density at radius 2 is 1.90 bits per heavy atom. The monoisotopic (exact) mass is 347 g/mol. The van der Waals surface area contributed by atoms with Gasteiger partial charge in [0.2, 0.25) is 0 Å². The molecule has 1 N–H and O–H groups in total. The average Bonchev–Trinajstić information content (AvgIpc) is 2.90. The standard InChI is InChI=1S/C13H14ClN3O2S.ClH/c14-12-13(17-11-6-2-1-5-10(11)16-12)20(18,19)8-9-4-3-7-15-9;/h1-2,5-6,9,15H,3-4,7-8H2;1H. The zero-order valence-electron chi connectivity index (χ0n) is 11.1. The number of nitrogens with zero attached hydrogens (tertiary/aromatic N) is 2. The minimum absolute atomic E-state index is 0. The van der Waals surface area contributed by atoms with Crippen LogP contribution in [0.2, 0.25) is 5.15 Å². The molecule has 114 valence electrons. The number of hydrogen-bond acceptors (Lipinski definition) is 5. The van der Waals surface area contributed by atoms with Gasteiger partial charge < -0.3 is 5.32 Å². The van der Waals surface area contributed by atoms with Crippen molar-refractivity contribution in [2.45, 2.75) is 23.9 Å². The van der Waals surface area contributed by atoms with Gasteiger partial charge in [-0.3, -0.25) is 0 Å². The number of para-hydroxylation sites is 2. The van der Waals surface area contributed by atoms with Gasteiger partial charge >= 0.3 is 0 Å². The summed E-state index contributed by atoms with van der Waals surface area (Å²) in [5.74, 6) is 0.0136. The van der Waals surface area contributed by atoms with Crippen LogP contribution in [0.5, 0.6) is 0 Å². The van der Waals surface area contributed by atoms with Crippen LogP contribution in [0.4, 0.5) is 0 Å². The van der Waals surface area contributed by atoms with E-state index in [0.717, 1.165) is 19.4 Å². The van der Waals surface area contributed by atoms with E-state index in [1.165, 1.54) is 0 Å². The summed E-state index contributed by atoms with van der Waals surface area (Å²) in [6.07, 6.45) is 1.86. The molecule has 1 unspecified atom stereocenters. The molecule has 0 amide bonds. The summed E-state index contributed by atoms with van der Waals surface area (Å²) in [7, 11) is -3.53. The Morgan fingerprint density at radius 3 is 2.52 bits per heavy atom. The highest BCUT2D eigenvalue weighted by molar-refractivity contribution is 7.91. The second kappa shape index (κ2) is 6.44. The Morgan fingerprint density at radius 1 is 1.24 bits per heavy atom. The highest BCUT2D eigenvalue weighted by atomic mass is 35.5. The first-order valence-electron chi connectivity index (χ1n) is 6.45. The first-order chi connectivity index (χ1) is 9.56. The van der Waals surface area contributed by atoms with Crippen molar-refractivity contribution in [2.24, 2.45) is 0 Å². The first kappa shape index (κ1) is 16.4. The van der Waals surface area contributed by atoms with Gasteiger partial charge in [0.1, 0.15) is 0 Å². The SMILES string of the molecule is Cl.O=S(=O)(CC1CCCN1)c1nc2ccccc2nc1Cl. The fourth-order valence-corrected chi connectivity index (χ4v) is 4.40. The second-order valence-corrected chi connectivity index (χ2v) is 7.19. The lowest BCUT2D eigenvalue weighted by atomic mass is 10.3. The molecule has 0 aliphatic carbocycles. The van der Waals surface area contributed by atoms with Crippen molar-refractivity contribution < 1.29 is 8.42 Å². The Kier molecular flexibility index (Phi) is 5.03. The van der Waals surface area contributed by atoms with E-state index >= 15 is 0 Å². The van der Waals surface area contributed by atoms with Crippen LogP contribution in [-0.2, 0) is 9.84 Å². The summed E-state index contributed by atoms with van der Waals surface area (Å²) in [4.78, 5) is 8.30. The third-order valence-electron chi connectivity index (χ3n) is 3.38. The predicted molar refractivity (Wildman–Crippen MR) is 84.9 cm³/mol. The van der Waals surface area contributed by atoms with Gasteiger partial charge in [-0.2, -0.15) is 0 Å². The largest absolute Gasteiger partial charge is 0.313 e. The van der Waals surface area contributed by atoms with Crippen molar-refractivity contribution >= 4 is 44.9 Å². The average molecular weight is 348 g/mol. The molecule has 1 aromatic carbocycles. The number of rotatable bonds is 3. The van der Waals surface area contributed by atoms with E-state index in [1.807, 2.05) is 6.07 Å². The van der Waals surface area contributed by atoms with Crippen LogP contribution in [0.3, 0.4) is 0 Å². The number of sulfone groups is 1. The third kappa shape index (κ3) is 3.45. The van der Waals surface area contributed by atoms with Crippen LogP contribution in [0, 0.1) is 0 Å². The molecule has 1 fully saturated rings. The summed E-state index contributed by atoms with van der Waals surface area (Å²) in [5.41, 5.74) is 1.13. The molecule has 1 saturated heterocycles. The number of aromatic nitrogens is 2. The van der Waals surface area contributed by atoms with Crippen LogP contribution in [0.25, 0.3) is 11.0 Å². The van der Waals surface area contributed by atoms with Crippen molar-refractivity contribution in [3.8, 4) is 0 Å². The summed E-state index contributed by atoms with van der Waals surface area (Å²) < 4.78 is 24.9. The van der Waals surface area contributed by atoms with Crippen molar-refractivity contribution in [2.75, 3.05) is 12.3 Å². The maximum Gasteiger partial charge on any atom is 0.200 e. The molecule has 0 bridgehead atoms. The Balaban J connectivity index is 0.00000161. The van der Waals surface area contributed by atoms with E-state index in [1.54, 1.807) is 18.2 Å². The number of benzene rings is 1. The Labute approximate surface area is 134 Å². The summed E-state index contributed by atoms with van der Waals surface area (Å²) in [6, 6.07) is 7.06. The van der Waals surface area contributed by atoms with Crippen LogP contribution >= 0.6 is 24.0 Å². The minimum Gasteiger partial charge on any atom is -0.313 e. The second-order valence-electron chi connectivity index (χ2n) is 4.88. The lowest BCUT2D eigenvalue weighted by Crippen LogP contribution is -2.30. The van der Waals surface area contributed by atoms with Crippen molar-refractivity contribution in [3.63, 3.8) is 0 Å². The topological polar surface area (TPSA) is 72.0 Å². The molecule has 1 aliphatic rings. The molecule has 5 nitrogen and oxygen atoms in total. The molecule has 3 rings (SSSR count). The fourth-order valence-electron chi connectivity index (χ4n) is 2.40. The molecule has 0 saturated carbocycles. The maximum absolute atomic E-state index is 12.4. The maximum atomic E-state index is 12.4. The van der Waals surface area contributed by atoms with Crippen LogP contribution < -0.4 is 5.32 Å². The smallest absolute Gasteiger partial charge is 0.200 e. The summed E-state index contributed by atoms with van der Waals surface area (Å²) >= 11 is 6.00. The molecular weight excluding hydrogens is 333 g/mol. The van der Waals surface area contributed by atoms with Gasteiger partial charge in [-0.15, -0.1) is 12.4 Å². The highest BCUT2D eigenvalue weighted by Crippen LogP contribution is 2.23. The Hall–Kier alpha value is -0.950. The van der Waals surface area contributed by atoms with Gasteiger partial charge in [0.15, 0.2) is 20.0 Å². The summed E-state index contributed by atoms with van der Waals surface area (Å²) in [5, 5.41) is 3.00. The van der Waals surface area contributed by atoms with Gasteiger partial charge in [-0.25, -0.2) is 18.4 Å². The Bertz CT molecular complexity index is 746. The normalized spacial score (nSPS) is 18.6. The third-order valence-corrected chi connectivity index (χ3v) is 5.47. The van der Waals surface area contributed by atoms with E-state index in [-0.39, 0.29) is 34.4 Å². The van der Waals surface area contributed by atoms with E-state index in [0.29, 0.717) is 11.0 Å². The molecule has 0 spiro atoms. The van der Waals surface area contributed by atoms with Crippen LogP contribution in [-0.4, -0.2) is 36.7 Å². The van der Waals surface area contributed by atoms with Gasteiger partial charge in [0.05, 0.1) is 16.8 Å². The number of hydrogen-bond donors (Lipinski definition) is 1. The molecular formula is C13H15Cl2N3O2S. The molecule has 2 aromatic rings. The van der Waals surface area contributed by atoms with Gasteiger partial charge in [0.25, 0.3) is 0 Å². The van der Waals surface area contributed by atoms with Gasteiger partial charge in [-0.05, 0) is 31.5 Å². The molecule has 1 aromatic heterocycles. The van der Waals surface area contributed by atoms with Gasteiger partial charge in [-0.1, -0.05) is 23.7 Å². The molecule has 1 atom stereocenters. The number of fused-ring (bicyclic) bond motifs is 1. The minimum atomic E-state index is -3.53. The van der Waals surface area contributed by atoms with E-state index in [2.05, 4.69) is 15.3 Å². The number of halogens is 2. The molecule has 1 aliphatic heterocycles. The summed E-state index contributed by atoms with van der Waals surface area (Å²) in [6.45, 7) is 0.858. The first-order valence-corrected chi connectivity index (χ1v) is 8.48. The molecule has 2 heterocycles. The highest BCUT2D eigenvalue weighted by Gasteiger charge is 2.27. The zero-order valence-corrected chi connectivity index (χ0v) is 13.5. The molecule has 21 heavy (non-hydrogen) atoms. The molecule has 8 heteroatoms. The lowest BCUT2D eigenvalue weighted by Gasteiger charge is -2.11. The van der Waals surface area contributed by atoms with Crippen LogP contribution in [0.1, 0.15) is 12.8 Å². The van der Waals surface area contributed by atoms with Crippen molar-refractivity contribution in [1.82, 2.24) is 15.3 Å². The lowest BCUT2D eigenvalue weighted by molar-refractivity contribution is 0.573. The van der Waals surface area contributed by atoms with Crippen LogP contribution in [0.15, 0.2) is 29.3 Å². The van der Waals surface area contributed by atoms with E-state index in [9.17, 15) is 8.42 Å². The van der Waals surface area contributed by atoms with E-state index < -0.39 is 9.84 Å². The van der Waals surface area contributed by atoms with Gasteiger partial charge in [0, 0.05) is 6.04 Å². The number of nitrogens with one attached hydrogen (secondary N) is 1. The van der Waals surface area contributed by atoms with E-state index in [4.69, 9.17) is 11.6 Å². The quantitative estimate of drug-likeness (QED) is 0.921. The predicted octanol–water partition coefficient (Wildman–Crippen LogP) is 2.23. The molecule has 0 radical (unpaired) electrons. The fraction of sp³-hybridized carbons (Fsp3) is 0.385. The van der Waals surface area contributed by atoms with Crippen molar-refractivity contribution in [3.05, 3.63) is 29.4 Å². The zero-order chi connectivity index (χ0) is 14.2.